The summed E-state index contributed by atoms with van der Waals surface area (Å²) in [6, 6.07) is 16.2. The maximum absolute atomic E-state index is 9.98. The van der Waals surface area contributed by atoms with Crippen molar-refractivity contribution in [2.75, 3.05) is 29.4 Å². The van der Waals surface area contributed by atoms with Crippen molar-refractivity contribution in [2.24, 2.45) is 0 Å². The van der Waals surface area contributed by atoms with Gasteiger partial charge in [-0.15, -0.1) is 0 Å². The van der Waals surface area contributed by atoms with Gasteiger partial charge in [0.1, 0.15) is 6.23 Å². The molecule has 2 aromatic carbocycles. The van der Waals surface area contributed by atoms with E-state index in [2.05, 4.69) is 12.1 Å². The molecule has 0 amide bonds. The first-order chi connectivity index (χ1) is 14.2. The van der Waals surface area contributed by atoms with E-state index in [9.17, 15) is 20.4 Å². The average molecular weight is 417 g/mol. The molecule has 0 aliphatic heterocycles. The normalized spacial score (nSPS) is 15.3. The maximum Gasteiger partial charge on any atom is 0.124 e. The predicted octanol–water partition coefficient (Wildman–Crippen LogP) is 2.37. The predicted molar refractivity (Wildman–Crippen MR) is 122 cm³/mol. The lowest BCUT2D eigenvalue weighted by Crippen LogP contribution is -2.38. The maximum atomic E-state index is 9.98. The monoisotopic (exact) mass is 416 g/mol. The number of nitrogens with zero attached hydrogens (tertiary/aromatic N) is 2. The van der Waals surface area contributed by atoms with Gasteiger partial charge in [-0.1, -0.05) is 24.3 Å². The molecule has 0 saturated heterocycles. The molecule has 4 N–H and O–H groups in total. The molecular weight excluding hydrogens is 380 g/mol. The second-order valence-electron chi connectivity index (χ2n) is 8.25. The Labute approximate surface area is 180 Å². The van der Waals surface area contributed by atoms with Crippen LogP contribution in [0.4, 0.5) is 11.4 Å². The fourth-order valence-electron chi connectivity index (χ4n) is 3.55. The van der Waals surface area contributed by atoms with Gasteiger partial charge in [0.2, 0.25) is 0 Å². The smallest absolute Gasteiger partial charge is 0.124 e. The van der Waals surface area contributed by atoms with E-state index in [1.807, 2.05) is 41.3 Å². The van der Waals surface area contributed by atoms with Crippen molar-refractivity contribution in [3.05, 3.63) is 59.7 Å². The highest BCUT2D eigenvalue weighted by Crippen LogP contribution is 2.21. The van der Waals surface area contributed by atoms with Crippen molar-refractivity contribution in [2.45, 2.75) is 58.7 Å². The minimum atomic E-state index is -0.677. The van der Waals surface area contributed by atoms with E-state index in [4.69, 9.17) is 0 Å². The van der Waals surface area contributed by atoms with Crippen LogP contribution in [0, 0.1) is 0 Å². The molecule has 0 heterocycles. The zero-order valence-electron chi connectivity index (χ0n) is 18.4. The fourth-order valence-corrected chi connectivity index (χ4v) is 3.55. The van der Waals surface area contributed by atoms with Crippen LogP contribution in [0.1, 0.15) is 38.8 Å². The fraction of sp³-hybridized carbons (Fsp3) is 0.500. The summed E-state index contributed by atoms with van der Waals surface area (Å²) in [6.45, 7) is 8.19. The lowest BCUT2D eigenvalue weighted by atomic mass is 10.0. The van der Waals surface area contributed by atoms with E-state index in [-0.39, 0.29) is 0 Å². The molecule has 0 aromatic heterocycles. The molecule has 30 heavy (non-hydrogen) atoms. The van der Waals surface area contributed by atoms with Gasteiger partial charge < -0.3 is 30.2 Å². The molecule has 2 aromatic rings. The van der Waals surface area contributed by atoms with Crippen molar-refractivity contribution in [3.63, 3.8) is 0 Å². The van der Waals surface area contributed by atoms with Crippen LogP contribution in [0.3, 0.4) is 0 Å². The minimum Gasteiger partial charge on any atom is -0.392 e. The molecule has 0 aliphatic rings. The van der Waals surface area contributed by atoms with E-state index >= 15 is 0 Å². The molecule has 0 radical (unpaired) electrons. The Morgan fingerprint density at radius 2 is 1.00 bits per heavy atom. The highest BCUT2D eigenvalue weighted by Gasteiger charge is 2.15. The van der Waals surface area contributed by atoms with Crippen LogP contribution < -0.4 is 9.80 Å². The van der Waals surface area contributed by atoms with Crippen molar-refractivity contribution in [3.8, 4) is 0 Å². The quantitative estimate of drug-likeness (QED) is 0.421. The number of aliphatic hydroxyl groups is 4. The highest BCUT2D eigenvalue weighted by atomic mass is 16.3. The summed E-state index contributed by atoms with van der Waals surface area (Å²) in [5.74, 6) is 0. The van der Waals surface area contributed by atoms with Crippen LogP contribution in [0.25, 0.3) is 0 Å². The standard InChI is InChI=1S/C24H36N2O4/c1-17(27)14-25(15-18(2)28)23-9-5-21(6-10-23)13-22-7-11-24(12-8-22)26(20(4)30)16-19(3)29/h5-12,17-20,27-30H,13-16H2,1-4H3. The molecule has 2 rings (SSSR count). The van der Waals surface area contributed by atoms with Crippen molar-refractivity contribution in [1.82, 2.24) is 0 Å². The van der Waals surface area contributed by atoms with Gasteiger partial charge in [-0.05, 0) is 69.5 Å². The molecular formula is C24H36N2O4. The van der Waals surface area contributed by atoms with Crippen LogP contribution in [0.15, 0.2) is 48.5 Å². The first-order valence-corrected chi connectivity index (χ1v) is 10.6. The largest absolute Gasteiger partial charge is 0.392 e. The summed E-state index contributed by atoms with van der Waals surface area (Å²) in [5, 5.41) is 39.1. The van der Waals surface area contributed by atoms with Crippen molar-refractivity contribution in [1.29, 1.82) is 0 Å². The number of hydrogen-bond acceptors (Lipinski definition) is 6. The summed E-state index contributed by atoms with van der Waals surface area (Å²) < 4.78 is 0. The molecule has 4 unspecified atom stereocenters. The molecule has 0 bridgehead atoms. The lowest BCUT2D eigenvalue weighted by molar-refractivity contribution is 0.150. The van der Waals surface area contributed by atoms with Gasteiger partial charge in [-0.25, -0.2) is 0 Å². The van der Waals surface area contributed by atoms with Gasteiger partial charge in [0, 0.05) is 31.0 Å². The summed E-state index contributed by atoms with van der Waals surface area (Å²) >= 11 is 0. The Morgan fingerprint density at radius 1 is 0.600 bits per heavy atom. The third-order valence-electron chi connectivity index (χ3n) is 4.86. The summed E-state index contributed by atoms with van der Waals surface area (Å²) in [6.07, 6.45) is -1.38. The van der Waals surface area contributed by atoms with Gasteiger partial charge in [-0.3, -0.25) is 0 Å². The van der Waals surface area contributed by atoms with Gasteiger partial charge in [0.15, 0.2) is 0 Å². The van der Waals surface area contributed by atoms with Crippen molar-refractivity contribution >= 4 is 11.4 Å². The number of benzene rings is 2. The van der Waals surface area contributed by atoms with Gasteiger partial charge in [0.25, 0.3) is 0 Å². The van der Waals surface area contributed by atoms with Crippen molar-refractivity contribution < 1.29 is 20.4 Å². The third-order valence-corrected chi connectivity index (χ3v) is 4.86. The second-order valence-corrected chi connectivity index (χ2v) is 8.25. The highest BCUT2D eigenvalue weighted by molar-refractivity contribution is 5.50. The van der Waals surface area contributed by atoms with E-state index < -0.39 is 24.5 Å². The average Bonchev–Trinajstić information content (AvgIpc) is 2.66. The molecule has 4 atom stereocenters. The van der Waals surface area contributed by atoms with E-state index in [0.29, 0.717) is 19.6 Å². The Hall–Kier alpha value is -2.12. The van der Waals surface area contributed by atoms with Gasteiger partial charge >= 0.3 is 0 Å². The third kappa shape index (κ3) is 7.61. The Kier molecular flexibility index (Phi) is 9.11. The topological polar surface area (TPSA) is 87.4 Å². The zero-order valence-corrected chi connectivity index (χ0v) is 18.4. The number of rotatable bonds is 11. The van der Waals surface area contributed by atoms with Crippen LogP contribution >= 0.6 is 0 Å². The molecule has 6 heteroatoms. The van der Waals surface area contributed by atoms with Crippen LogP contribution in [0.2, 0.25) is 0 Å². The Balaban J connectivity index is 2.07. The second kappa shape index (κ2) is 11.3. The Bertz CT molecular complexity index is 733. The molecule has 0 saturated carbocycles. The number of anilines is 2. The zero-order chi connectivity index (χ0) is 22.3. The molecule has 0 spiro atoms. The van der Waals surface area contributed by atoms with Crippen LogP contribution in [0.5, 0.6) is 0 Å². The first kappa shape index (κ1) is 24.2. The van der Waals surface area contributed by atoms with E-state index in [1.165, 1.54) is 0 Å². The summed E-state index contributed by atoms with van der Waals surface area (Å²) in [5.41, 5.74) is 4.16. The van der Waals surface area contributed by atoms with Crippen LogP contribution in [-0.2, 0) is 6.42 Å². The SMILES string of the molecule is CC(O)CN(CC(C)O)c1ccc(Cc2ccc(N(CC(C)O)C(C)O)cc2)cc1. The summed E-state index contributed by atoms with van der Waals surface area (Å²) in [7, 11) is 0. The first-order valence-electron chi connectivity index (χ1n) is 10.6. The van der Waals surface area contributed by atoms with Gasteiger partial charge in [-0.2, -0.15) is 0 Å². The number of aliphatic hydroxyl groups excluding tert-OH is 4. The lowest BCUT2D eigenvalue weighted by Gasteiger charge is -2.29. The number of hydrogen-bond donors (Lipinski definition) is 4. The molecule has 0 fully saturated rings. The summed E-state index contributed by atoms with van der Waals surface area (Å²) in [4.78, 5) is 3.75. The van der Waals surface area contributed by atoms with E-state index in [0.717, 1.165) is 28.9 Å². The Morgan fingerprint density at radius 3 is 1.37 bits per heavy atom. The van der Waals surface area contributed by atoms with E-state index in [1.54, 1.807) is 32.6 Å². The minimum absolute atomic E-state index is 0.369. The van der Waals surface area contributed by atoms with Gasteiger partial charge in [0.05, 0.1) is 18.3 Å². The molecule has 6 nitrogen and oxygen atoms in total. The molecule has 0 aliphatic carbocycles. The van der Waals surface area contributed by atoms with Crippen LogP contribution in [-0.4, -0.2) is 64.6 Å². The molecule has 166 valence electrons.